The van der Waals surface area contributed by atoms with Gasteiger partial charge in [-0.1, -0.05) is 127 Å². The van der Waals surface area contributed by atoms with Crippen LogP contribution in [0.4, 0.5) is 34.1 Å². The molecule has 12 rings (SSSR count). The van der Waals surface area contributed by atoms with Gasteiger partial charge < -0.3 is 14.2 Å². The summed E-state index contributed by atoms with van der Waals surface area (Å²) in [5.74, 6) is 0. The maximum Gasteiger partial charge on any atom is 0.135 e. The van der Waals surface area contributed by atoms with E-state index < -0.39 is 0 Å². The Morgan fingerprint density at radius 2 is 0.965 bits per heavy atom. The molecule has 268 valence electrons. The summed E-state index contributed by atoms with van der Waals surface area (Å²) in [5, 5.41) is 9.78. The van der Waals surface area contributed by atoms with Crippen molar-refractivity contribution < 1.29 is 4.42 Å². The van der Waals surface area contributed by atoms with Crippen LogP contribution in [-0.4, -0.2) is 0 Å². The van der Waals surface area contributed by atoms with Crippen molar-refractivity contribution in [2.75, 3.05) is 9.80 Å². The molecule has 0 fully saturated rings. The van der Waals surface area contributed by atoms with Crippen LogP contribution in [0.25, 0.3) is 73.1 Å². The third-order valence-electron chi connectivity index (χ3n) is 11.2. The van der Waals surface area contributed by atoms with E-state index in [2.05, 4.69) is 198 Å². The van der Waals surface area contributed by atoms with Crippen LogP contribution in [0.5, 0.6) is 0 Å². The van der Waals surface area contributed by atoms with Crippen molar-refractivity contribution >= 4 is 130 Å². The fraction of sp³-hybridized carbons (Fsp3) is 0. The summed E-state index contributed by atoms with van der Waals surface area (Å²) in [7, 11) is 0. The topological polar surface area (TPSA) is 19.6 Å². The average Bonchev–Trinajstić information content (AvgIpc) is 3.97. The molecule has 0 unspecified atom stereocenters. The zero-order valence-electron chi connectivity index (χ0n) is 30.6. The summed E-state index contributed by atoms with van der Waals surface area (Å²) >= 11 is 3.75. The zero-order chi connectivity index (χ0) is 37.5. The number of hydrogen-bond donors (Lipinski definition) is 0. The lowest BCUT2D eigenvalue weighted by Gasteiger charge is -2.33. The quantitative estimate of drug-likeness (QED) is 0.168. The average molecular weight is 765 g/mol. The van der Waals surface area contributed by atoms with E-state index in [1.165, 1.54) is 51.1 Å². The molecule has 0 aliphatic carbocycles. The van der Waals surface area contributed by atoms with Crippen LogP contribution in [0.15, 0.2) is 199 Å². The van der Waals surface area contributed by atoms with E-state index >= 15 is 0 Å². The monoisotopic (exact) mass is 764 g/mol. The number of para-hydroxylation sites is 3. The highest BCUT2D eigenvalue weighted by molar-refractivity contribution is 7.27. The molecule has 0 aliphatic rings. The first kappa shape index (κ1) is 32.3. The minimum Gasteiger partial charge on any atom is -0.456 e. The molecule has 12 aromatic rings. The molecule has 0 saturated carbocycles. The van der Waals surface area contributed by atoms with E-state index in [1.807, 2.05) is 28.7 Å². The Morgan fingerprint density at radius 1 is 0.333 bits per heavy atom. The Balaban J connectivity index is 1.23. The normalized spacial score (nSPS) is 11.9. The lowest BCUT2D eigenvalue weighted by molar-refractivity contribution is 0.669. The molecule has 3 heterocycles. The van der Waals surface area contributed by atoms with Crippen LogP contribution in [0.3, 0.4) is 0 Å². The summed E-state index contributed by atoms with van der Waals surface area (Å²) < 4.78 is 11.4. The van der Waals surface area contributed by atoms with Crippen LogP contribution in [0, 0.1) is 0 Å². The van der Waals surface area contributed by atoms with Crippen molar-refractivity contribution in [2.24, 2.45) is 0 Å². The predicted octanol–water partition coefficient (Wildman–Crippen LogP) is 16.4. The minimum absolute atomic E-state index is 0.877. The number of furan rings is 1. The molecular weight excluding hydrogens is 733 g/mol. The van der Waals surface area contributed by atoms with Gasteiger partial charge >= 0.3 is 0 Å². The number of thiophene rings is 2. The van der Waals surface area contributed by atoms with E-state index in [-0.39, 0.29) is 0 Å². The second-order valence-corrected chi connectivity index (χ2v) is 16.5. The van der Waals surface area contributed by atoms with Crippen molar-refractivity contribution in [3.8, 4) is 0 Å². The summed E-state index contributed by atoms with van der Waals surface area (Å²) in [6.07, 6.45) is 0. The van der Waals surface area contributed by atoms with Gasteiger partial charge in [-0.05, 0) is 77.5 Å². The van der Waals surface area contributed by atoms with Gasteiger partial charge in [0.15, 0.2) is 0 Å². The van der Waals surface area contributed by atoms with E-state index in [0.717, 1.165) is 56.1 Å². The van der Waals surface area contributed by atoms with Crippen LogP contribution >= 0.6 is 22.7 Å². The fourth-order valence-electron chi connectivity index (χ4n) is 8.67. The van der Waals surface area contributed by atoms with Crippen molar-refractivity contribution in [3.63, 3.8) is 0 Å². The molecule has 57 heavy (non-hydrogen) atoms. The number of anilines is 6. The Morgan fingerprint density at radius 3 is 1.81 bits per heavy atom. The summed E-state index contributed by atoms with van der Waals surface area (Å²) in [4.78, 5) is 4.95. The molecule has 3 aromatic heterocycles. The molecule has 0 amide bonds. The van der Waals surface area contributed by atoms with E-state index in [9.17, 15) is 0 Å². The number of fused-ring (bicyclic) bond motifs is 11. The van der Waals surface area contributed by atoms with Gasteiger partial charge in [-0.15, -0.1) is 22.7 Å². The third kappa shape index (κ3) is 5.03. The van der Waals surface area contributed by atoms with Gasteiger partial charge in [0.25, 0.3) is 0 Å². The molecule has 0 atom stereocenters. The van der Waals surface area contributed by atoms with Crippen molar-refractivity contribution in [2.45, 2.75) is 0 Å². The lowest BCUT2D eigenvalue weighted by Crippen LogP contribution is -2.17. The third-order valence-corrected chi connectivity index (χ3v) is 13.7. The molecule has 0 N–H and O–H groups in total. The van der Waals surface area contributed by atoms with Crippen molar-refractivity contribution in [1.29, 1.82) is 0 Å². The SMILES string of the molecule is c1ccc(N(c2ccc3c(sc4c5ccccc5ccc34)c2N(c2ccccc2)c2ccc3oc4ccccc4c3c2)c2cccc3c2sc2ccccc23)cc1. The van der Waals surface area contributed by atoms with E-state index in [1.54, 1.807) is 0 Å². The van der Waals surface area contributed by atoms with Gasteiger partial charge in [0.05, 0.1) is 26.5 Å². The van der Waals surface area contributed by atoms with Gasteiger partial charge in [0.1, 0.15) is 11.2 Å². The van der Waals surface area contributed by atoms with Gasteiger partial charge in [-0.3, -0.25) is 0 Å². The molecule has 0 saturated heterocycles. The fourth-order valence-corrected chi connectivity index (χ4v) is 11.2. The smallest absolute Gasteiger partial charge is 0.135 e. The molecule has 3 nitrogen and oxygen atoms in total. The first-order valence-corrected chi connectivity index (χ1v) is 20.8. The van der Waals surface area contributed by atoms with Crippen LogP contribution in [0.2, 0.25) is 0 Å². The Kier molecular flexibility index (Phi) is 7.27. The number of nitrogens with zero attached hydrogens (tertiary/aromatic N) is 2. The summed E-state index contributed by atoms with van der Waals surface area (Å²) in [6.45, 7) is 0. The van der Waals surface area contributed by atoms with Crippen LogP contribution < -0.4 is 9.80 Å². The lowest BCUT2D eigenvalue weighted by atomic mass is 10.0. The largest absolute Gasteiger partial charge is 0.456 e. The number of rotatable bonds is 6. The van der Waals surface area contributed by atoms with Crippen molar-refractivity contribution in [3.05, 3.63) is 194 Å². The number of hydrogen-bond acceptors (Lipinski definition) is 5. The second-order valence-electron chi connectivity index (χ2n) is 14.4. The van der Waals surface area contributed by atoms with E-state index in [4.69, 9.17) is 4.42 Å². The van der Waals surface area contributed by atoms with Gasteiger partial charge in [-0.2, -0.15) is 0 Å². The molecule has 9 aromatic carbocycles. The summed E-state index contributed by atoms with van der Waals surface area (Å²) in [5.41, 5.74) is 8.37. The van der Waals surface area contributed by atoms with Crippen LogP contribution in [0.1, 0.15) is 0 Å². The Labute approximate surface area is 336 Å². The Hall–Kier alpha value is -6.92. The summed E-state index contributed by atoms with van der Waals surface area (Å²) in [6, 6.07) is 70.2. The minimum atomic E-state index is 0.877. The van der Waals surface area contributed by atoms with Gasteiger partial charge in [0.2, 0.25) is 0 Å². The highest BCUT2D eigenvalue weighted by Crippen LogP contribution is 2.55. The molecule has 0 aliphatic heterocycles. The molecular formula is C52H32N2OS2. The second kappa shape index (κ2) is 12.8. The highest BCUT2D eigenvalue weighted by Gasteiger charge is 2.28. The maximum atomic E-state index is 6.37. The van der Waals surface area contributed by atoms with E-state index in [0.29, 0.717) is 0 Å². The van der Waals surface area contributed by atoms with Crippen molar-refractivity contribution in [1.82, 2.24) is 0 Å². The Bertz CT molecular complexity index is 3490. The molecule has 5 heteroatoms. The first-order chi connectivity index (χ1) is 28.3. The zero-order valence-corrected chi connectivity index (χ0v) is 32.2. The maximum absolute atomic E-state index is 6.37. The molecule has 0 bridgehead atoms. The standard InChI is InChI=1S/C52H32N2OS2/c1-3-15-34(16-4-1)53(36-27-31-47-43(32-36)38-20-9-11-24-46(38)55-47)49-44(30-29-42-41-28-26-33-14-7-8-19-37(33)50(41)57-52(42)49)54(35-17-5-2-6-18-35)45-23-13-22-40-39-21-10-12-25-48(39)56-51(40)45/h1-32H. The highest BCUT2D eigenvalue weighted by atomic mass is 32.1. The van der Waals surface area contributed by atoms with Gasteiger partial charge in [0, 0.05) is 58.8 Å². The number of benzene rings is 9. The van der Waals surface area contributed by atoms with Gasteiger partial charge in [-0.25, -0.2) is 0 Å². The molecule has 0 spiro atoms. The molecule has 0 radical (unpaired) electrons. The van der Waals surface area contributed by atoms with Crippen LogP contribution in [-0.2, 0) is 0 Å². The first-order valence-electron chi connectivity index (χ1n) is 19.2. The predicted molar refractivity (Wildman–Crippen MR) is 246 cm³/mol.